The maximum atomic E-state index is 13.0. The Hall–Kier alpha value is -1.04. The quantitative estimate of drug-likeness (QED) is 0.744. The average Bonchev–Trinajstić information content (AvgIpc) is 2.38. The number of alkyl halides is 3. The highest BCUT2D eigenvalue weighted by Crippen LogP contribution is 2.42. The van der Waals surface area contributed by atoms with Gasteiger partial charge in [0.05, 0.1) is 6.10 Å². The fourth-order valence-corrected chi connectivity index (χ4v) is 2.97. The lowest BCUT2D eigenvalue weighted by Gasteiger charge is -2.27. The Morgan fingerprint density at radius 3 is 2.40 bits per heavy atom. The van der Waals surface area contributed by atoms with Gasteiger partial charge < -0.3 is 9.53 Å². The summed E-state index contributed by atoms with van der Waals surface area (Å²) in [5.74, 6) is -0.138. The third kappa shape index (κ3) is 3.53. The Morgan fingerprint density at radius 2 is 1.85 bits per heavy atom. The van der Waals surface area contributed by atoms with Gasteiger partial charge >= 0.3 is 6.18 Å². The van der Waals surface area contributed by atoms with Crippen LogP contribution in [0.1, 0.15) is 31.2 Å². The summed E-state index contributed by atoms with van der Waals surface area (Å²) in [7, 11) is 0. The number of aldehydes is 1. The van der Waals surface area contributed by atoms with Crippen LogP contribution in [0, 0.1) is 5.92 Å². The van der Waals surface area contributed by atoms with Crippen LogP contribution in [0.2, 0.25) is 0 Å². The van der Waals surface area contributed by atoms with Gasteiger partial charge in [-0.25, -0.2) is 0 Å². The summed E-state index contributed by atoms with van der Waals surface area (Å²) >= 11 is 2.92. The van der Waals surface area contributed by atoms with Gasteiger partial charge in [-0.05, 0) is 37.8 Å². The highest BCUT2D eigenvalue weighted by Gasteiger charge is 2.37. The molecule has 0 atom stereocenters. The first-order valence-corrected chi connectivity index (χ1v) is 7.18. The van der Waals surface area contributed by atoms with Gasteiger partial charge in [-0.15, -0.1) is 0 Å². The molecule has 6 heteroatoms. The predicted molar refractivity (Wildman–Crippen MR) is 71.6 cm³/mol. The van der Waals surface area contributed by atoms with Crippen LogP contribution in [0.25, 0.3) is 0 Å². The van der Waals surface area contributed by atoms with Crippen molar-refractivity contribution in [2.75, 3.05) is 0 Å². The second-order valence-corrected chi connectivity index (χ2v) is 5.76. The fraction of sp³-hybridized carbons (Fsp3) is 0.500. The van der Waals surface area contributed by atoms with E-state index in [9.17, 15) is 18.0 Å². The van der Waals surface area contributed by atoms with Crippen LogP contribution in [-0.2, 0) is 11.0 Å². The molecule has 0 unspecified atom stereocenters. The van der Waals surface area contributed by atoms with Crippen LogP contribution in [0.3, 0.4) is 0 Å². The monoisotopic (exact) mass is 350 g/mol. The summed E-state index contributed by atoms with van der Waals surface area (Å²) in [5, 5.41) is 0. The molecule has 1 aliphatic rings. The van der Waals surface area contributed by atoms with E-state index in [1.54, 1.807) is 0 Å². The molecule has 1 aliphatic carbocycles. The zero-order chi connectivity index (χ0) is 14.8. The lowest BCUT2D eigenvalue weighted by Crippen LogP contribution is -2.25. The Morgan fingerprint density at radius 1 is 1.20 bits per heavy atom. The molecule has 1 fully saturated rings. The van der Waals surface area contributed by atoms with Crippen molar-refractivity contribution in [3.05, 3.63) is 28.2 Å². The molecule has 2 rings (SSSR count). The second-order valence-electron chi connectivity index (χ2n) is 4.90. The van der Waals surface area contributed by atoms with Gasteiger partial charge in [0, 0.05) is 10.4 Å². The van der Waals surface area contributed by atoms with E-state index >= 15 is 0 Å². The Bertz CT molecular complexity index is 480. The number of carbonyl (C=O) groups is 1. The highest BCUT2D eigenvalue weighted by molar-refractivity contribution is 9.10. The summed E-state index contributed by atoms with van der Waals surface area (Å²) in [4.78, 5) is 10.7. The number of benzene rings is 1. The first-order valence-electron chi connectivity index (χ1n) is 6.39. The molecule has 20 heavy (non-hydrogen) atoms. The molecular weight excluding hydrogens is 337 g/mol. The molecule has 0 heterocycles. The maximum Gasteiger partial charge on any atom is 0.421 e. The second kappa shape index (κ2) is 6.16. The number of hydrogen-bond donors (Lipinski definition) is 0. The third-order valence-electron chi connectivity index (χ3n) is 3.46. The van der Waals surface area contributed by atoms with E-state index in [4.69, 9.17) is 4.74 Å². The summed E-state index contributed by atoms with van der Waals surface area (Å²) in [6, 6.07) is 4.20. The minimum atomic E-state index is -4.46. The number of hydrogen-bond acceptors (Lipinski definition) is 2. The van der Waals surface area contributed by atoms with Crippen molar-refractivity contribution in [2.24, 2.45) is 5.92 Å². The van der Waals surface area contributed by atoms with Gasteiger partial charge in [-0.1, -0.05) is 22.0 Å². The van der Waals surface area contributed by atoms with Crippen molar-refractivity contribution >= 4 is 22.2 Å². The van der Waals surface area contributed by atoms with Crippen molar-refractivity contribution in [3.63, 3.8) is 0 Å². The van der Waals surface area contributed by atoms with E-state index in [-0.39, 0.29) is 22.2 Å². The van der Waals surface area contributed by atoms with E-state index in [0.717, 1.165) is 6.29 Å². The molecule has 0 spiro atoms. The van der Waals surface area contributed by atoms with Crippen LogP contribution in [0.4, 0.5) is 13.2 Å². The topological polar surface area (TPSA) is 26.3 Å². The summed E-state index contributed by atoms with van der Waals surface area (Å²) in [6.07, 6.45) is -1.26. The Labute approximate surface area is 123 Å². The lowest BCUT2D eigenvalue weighted by molar-refractivity contribution is -0.140. The molecule has 0 aliphatic heterocycles. The average molecular weight is 351 g/mol. The third-order valence-corrected chi connectivity index (χ3v) is 4.12. The van der Waals surface area contributed by atoms with Gasteiger partial charge in [0.2, 0.25) is 0 Å². The van der Waals surface area contributed by atoms with Gasteiger partial charge in [0.15, 0.2) is 0 Å². The van der Waals surface area contributed by atoms with Crippen molar-refractivity contribution in [2.45, 2.75) is 38.0 Å². The van der Waals surface area contributed by atoms with Crippen molar-refractivity contribution < 1.29 is 22.7 Å². The van der Waals surface area contributed by atoms with E-state index < -0.39 is 11.7 Å². The van der Waals surface area contributed by atoms with Crippen LogP contribution in [0.15, 0.2) is 22.7 Å². The standard InChI is InChI=1S/C14H14BrF3O2/c15-11-2-1-3-12(13(11)14(16,17)18)20-10-6-4-9(8-19)5-7-10/h1-3,8-10H,4-7H2. The smallest absolute Gasteiger partial charge is 0.421 e. The molecule has 0 aromatic heterocycles. The molecule has 1 aromatic rings. The molecule has 0 radical (unpaired) electrons. The number of rotatable bonds is 3. The largest absolute Gasteiger partial charge is 0.490 e. The maximum absolute atomic E-state index is 13.0. The molecule has 0 bridgehead atoms. The zero-order valence-electron chi connectivity index (χ0n) is 10.6. The normalized spacial score (nSPS) is 23.4. The molecular formula is C14H14BrF3O2. The van der Waals surface area contributed by atoms with E-state index in [1.165, 1.54) is 18.2 Å². The summed E-state index contributed by atoms with van der Waals surface area (Å²) < 4.78 is 44.6. The van der Waals surface area contributed by atoms with Crippen molar-refractivity contribution in [1.82, 2.24) is 0 Å². The SMILES string of the molecule is O=CC1CCC(Oc2cccc(Br)c2C(F)(F)F)CC1. The molecule has 1 aromatic carbocycles. The van der Waals surface area contributed by atoms with Crippen LogP contribution in [0.5, 0.6) is 5.75 Å². The number of carbonyl (C=O) groups excluding carboxylic acids is 1. The molecule has 110 valence electrons. The lowest BCUT2D eigenvalue weighted by atomic mass is 9.88. The van der Waals surface area contributed by atoms with Gasteiger partial charge in [-0.2, -0.15) is 13.2 Å². The predicted octanol–water partition coefficient (Wildman–Crippen LogP) is 4.60. The first-order chi connectivity index (χ1) is 9.41. The molecule has 0 saturated heterocycles. The van der Waals surface area contributed by atoms with E-state index in [2.05, 4.69) is 15.9 Å². The Balaban J connectivity index is 2.14. The fourth-order valence-electron chi connectivity index (χ4n) is 2.40. The zero-order valence-corrected chi connectivity index (χ0v) is 12.2. The minimum Gasteiger partial charge on any atom is -0.490 e. The van der Waals surface area contributed by atoms with E-state index in [1.807, 2.05) is 0 Å². The van der Waals surface area contributed by atoms with Gasteiger partial charge in [0.1, 0.15) is 17.6 Å². The highest BCUT2D eigenvalue weighted by atomic mass is 79.9. The summed E-state index contributed by atoms with van der Waals surface area (Å²) in [6.45, 7) is 0. The first kappa shape index (κ1) is 15.4. The molecule has 0 N–H and O–H groups in total. The minimum absolute atomic E-state index is 0.0134. The number of ether oxygens (including phenoxy) is 1. The van der Waals surface area contributed by atoms with Gasteiger partial charge in [0.25, 0.3) is 0 Å². The molecule has 0 amide bonds. The van der Waals surface area contributed by atoms with Crippen LogP contribution < -0.4 is 4.74 Å². The van der Waals surface area contributed by atoms with Crippen LogP contribution >= 0.6 is 15.9 Å². The Kier molecular flexibility index (Phi) is 4.73. The van der Waals surface area contributed by atoms with Crippen molar-refractivity contribution in [1.29, 1.82) is 0 Å². The van der Waals surface area contributed by atoms with Gasteiger partial charge in [-0.3, -0.25) is 0 Å². The molecule has 1 saturated carbocycles. The summed E-state index contributed by atoms with van der Waals surface area (Å²) in [5.41, 5.74) is -0.780. The van der Waals surface area contributed by atoms with Crippen LogP contribution in [-0.4, -0.2) is 12.4 Å². The van der Waals surface area contributed by atoms with E-state index in [0.29, 0.717) is 25.7 Å². The number of halogens is 4. The van der Waals surface area contributed by atoms with Crippen molar-refractivity contribution in [3.8, 4) is 5.75 Å². The molecule has 2 nitrogen and oxygen atoms in total.